The summed E-state index contributed by atoms with van der Waals surface area (Å²) in [5, 5.41) is 0. The van der Waals surface area contributed by atoms with Gasteiger partial charge in [-0.1, -0.05) is 39.3 Å². The van der Waals surface area contributed by atoms with Crippen LogP contribution in [0.15, 0.2) is 12.2 Å². The number of carbonyl (C=O) groups excluding carboxylic acids is 1. The highest BCUT2D eigenvalue weighted by atomic mass is 16.5. The van der Waals surface area contributed by atoms with Crippen LogP contribution < -0.4 is 0 Å². The van der Waals surface area contributed by atoms with Gasteiger partial charge in [0.05, 0.1) is 6.61 Å². The minimum Gasteiger partial charge on any atom is -0.465 e. The van der Waals surface area contributed by atoms with Crippen LogP contribution in [0.1, 0.15) is 59.8 Å². The number of hydrogen-bond donors (Lipinski definition) is 0. The molecule has 19 heavy (non-hydrogen) atoms. The Hall–Kier alpha value is -0.790. The summed E-state index contributed by atoms with van der Waals surface area (Å²) in [7, 11) is 0. The second-order valence-electron chi connectivity index (χ2n) is 7.45. The summed E-state index contributed by atoms with van der Waals surface area (Å²) >= 11 is 0. The van der Waals surface area contributed by atoms with Crippen LogP contribution in [-0.2, 0) is 9.53 Å². The van der Waals surface area contributed by atoms with E-state index in [9.17, 15) is 4.79 Å². The summed E-state index contributed by atoms with van der Waals surface area (Å²) in [5.41, 5.74) is 1.95. The van der Waals surface area contributed by atoms with Crippen molar-refractivity contribution in [3.05, 3.63) is 12.2 Å². The van der Waals surface area contributed by atoms with Crippen molar-refractivity contribution in [2.75, 3.05) is 6.61 Å². The highest BCUT2D eigenvalue weighted by Crippen LogP contribution is 2.60. The highest BCUT2D eigenvalue weighted by Gasteiger charge is 2.53. The SMILES string of the molecule is C=C1CC[C@@H]2C(C)(C)CCC[C@@]2(C)C1COC(C)=O. The number of carbonyl (C=O) groups is 1. The van der Waals surface area contributed by atoms with Crippen molar-refractivity contribution in [3.63, 3.8) is 0 Å². The molecule has 0 aromatic heterocycles. The molecule has 2 nitrogen and oxygen atoms in total. The molecule has 0 amide bonds. The fourth-order valence-electron chi connectivity index (χ4n) is 4.78. The molecule has 0 saturated heterocycles. The third-order valence-corrected chi connectivity index (χ3v) is 5.77. The number of rotatable bonds is 2. The molecular formula is C17H28O2. The molecule has 0 aliphatic heterocycles. The standard InChI is InChI=1S/C17H28O2/c1-12-7-8-15-16(3,4)9-6-10-17(15,5)14(12)11-19-13(2)18/h14-15H,1,6-11H2,2-5H3/t14?,15-,17+/m1/s1. The third kappa shape index (κ3) is 2.59. The van der Waals surface area contributed by atoms with Crippen molar-refractivity contribution in [1.29, 1.82) is 0 Å². The first kappa shape index (κ1) is 14.6. The molecule has 0 radical (unpaired) electrons. The molecule has 2 fully saturated rings. The molecule has 0 N–H and O–H groups in total. The van der Waals surface area contributed by atoms with E-state index < -0.39 is 0 Å². The molecule has 2 aliphatic carbocycles. The first-order valence-corrected chi connectivity index (χ1v) is 7.58. The molecule has 0 bridgehead atoms. The van der Waals surface area contributed by atoms with E-state index in [4.69, 9.17) is 4.74 Å². The molecule has 0 aromatic carbocycles. The van der Waals surface area contributed by atoms with Crippen LogP contribution in [0.5, 0.6) is 0 Å². The maximum absolute atomic E-state index is 11.1. The van der Waals surface area contributed by atoms with Crippen LogP contribution in [0.2, 0.25) is 0 Å². The maximum atomic E-state index is 11.1. The molecule has 0 aromatic rings. The van der Waals surface area contributed by atoms with Gasteiger partial charge >= 0.3 is 5.97 Å². The van der Waals surface area contributed by atoms with Crippen molar-refractivity contribution >= 4 is 5.97 Å². The van der Waals surface area contributed by atoms with Gasteiger partial charge in [-0.05, 0) is 42.4 Å². The second kappa shape index (κ2) is 4.96. The largest absolute Gasteiger partial charge is 0.465 e. The lowest BCUT2D eigenvalue weighted by atomic mass is 9.48. The smallest absolute Gasteiger partial charge is 0.302 e. The van der Waals surface area contributed by atoms with Crippen molar-refractivity contribution in [2.45, 2.75) is 59.8 Å². The number of esters is 1. The van der Waals surface area contributed by atoms with Gasteiger partial charge in [0, 0.05) is 12.8 Å². The monoisotopic (exact) mass is 264 g/mol. The summed E-state index contributed by atoms with van der Waals surface area (Å²) in [6.45, 7) is 13.5. The maximum Gasteiger partial charge on any atom is 0.302 e. The quantitative estimate of drug-likeness (QED) is 0.547. The summed E-state index contributed by atoms with van der Waals surface area (Å²) in [6, 6.07) is 0. The van der Waals surface area contributed by atoms with Crippen LogP contribution >= 0.6 is 0 Å². The predicted molar refractivity (Wildman–Crippen MR) is 77.7 cm³/mol. The van der Waals surface area contributed by atoms with Gasteiger partial charge in [0.15, 0.2) is 0 Å². The van der Waals surface area contributed by atoms with Gasteiger partial charge in [-0.25, -0.2) is 0 Å². The van der Waals surface area contributed by atoms with Crippen molar-refractivity contribution < 1.29 is 9.53 Å². The summed E-state index contributed by atoms with van der Waals surface area (Å²) in [6.07, 6.45) is 6.18. The molecular weight excluding hydrogens is 236 g/mol. The molecule has 0 heterocycles. The Kier molecular flexibility index (Phi) is 3.81. The third-order valence-electron chi connectivity index (χ3n) is 5.77. The van der Waals surface area contributed by atoms with Gasteiger partial charge in [0.1, 0.15) is 0 Å². The Labute approximate surface area is 117 Å². The van der Waals surface area contributed by atoms with Crippen molar-refractivity contribution in [3.8, 4) is 0 Å². The Bertz CT molecular complexity index is 383. The zero-order valence-electron chi connectivity index (χ0n) is 12.9. The Morgan fingerprint density at radius 1 is 1.37 bits per heavy atom. The molecule has 2 saturated carbocycles. The van der Waals surface area contributed by atoms with Gasteiger partial charge in [0.2, 0.25) is 0 Å². The lowest BCUT2D eigenvalue weighted by Gasteiger charge is -2.57. The molecule has 2 rings (SSSR count). The molecule has 3 atom stereocenters. The van der Waals surface area contributed by atoms with Gasteiger partial charge in [-0.2, -0.15) is 0 Å². The Morgan fingerprint density at radius 3 is 2.68 bits per heavy atom. The predicted octanol–water partition coefficient (Wildman–Crippen LogP) is 4.35. The molecule has 0 spiro atoms. The number of ether oxygens (including phenoxy) is 1. The molecule has 108 valence electrons. The van der Waals surface area contributed by atoms with Crippen LogP contribution in [0, 0.1) is 22.7 Å². The van der Waals surface area contributed by atoms with E-state index in [1.807, 2.05) is 0 Å². The van der Waals surface area contributed by atoms with E-state index in [0.717, 1.165) is 12.3 Å². The Morgan fingerprint density at radius 2 is 2.05 bits per heavy atom. The van der Waals surface area contributed by atoms with Crippen molar-refractivity contribution in [1.82, 2.24) is 0 Å². The fourth-order valence-corrected chi connectivity index (χ4v) is 4.78. The van der Waals surface area contributed by atoms with Crippen LogP contribution in [0.25, 0.3) is 0 Å². The van der Waals surface area contributed by atoms with Gasteiger partial charge in [-0.3, -0.25) is 4.79 Å². The fraction of sp³-hybridized carbons (Fsp3) is 0.824. The van der Waals surface area contributed by atoms with E-state index in [2.05, 4.69) is 27.4 Å². The zero-order chi connectivity index (χ0) is 14.3. The van der Waals surface area contributed by atoms with Gasteiger partial charge in [-0.15, -0.1) is 0 Å². The van der Waals surface area contributed by atoms with E-state index in [-0.39, 0.29) is 11.4 Å². The van der Waals surface area contributed by atoms with E-state index in [1.165, 1.54) is 38.2 Å². The average Bonchev–Trinajstić information content (AvgIpc) is 2.26. The topological polar surface area (TPSA) is 26.3 Å². The van der Waals surface area contributed by atoms with E-state index in [0.29, 0.717) is 17.9 Å². The second-order valence-corrected chi connectivity index (χ2v) is 7.45. The van der Waals surface area contributed by atoms with Crippen molar-refractivity contribution in [2.24, 2.45) is 22.7 Å². The summed E-state index contributed by atoms with van der Waals surface area (Å²) in [5.74, 6) is 0.892. The summed E-state index contributed by atoms with van der Waals surface area (Å²) < 4.78 is 5.33. The number of fused-ring (bicyclic) bond motifs is 1. The highest BCUT2D eigenvalue weighted by molar-refractivity contribution is 5.65. The van der Waals surface area contributed by atoms with E-state index >= 15 is 0 Å². The lowest BCUT2D eigenvalue weighted by molar-refractivity contribution is -0.146. The van der Waals surface area contributed by atoms with Crippen LogP contribution in [0.4, 0.5) is 0 Å². The Balaban J connectivity index is 2.24. The lowest BCUT2D eigenvalue weighted by Crippen LogP contribution is -2.50. The average molecular weight is 264 g/mol. The van der Waals surface area contributed by atoms with Gasteiger partial charge < -0.3 is 4.74 Å². The summed E-state index contributed by atoms with van der Waals surface area (Å²) in [4.78, 5) is 11.1. The first-order valence-electron chi connectivity index (χ1n) is 7.58. The van der Waals surface area contributed by atoms with Gasteiger partial charge in [0.25, 0.3) is 0 Å². The molecule has 2 aliphatic rings. The van der Waals surface area contributed by atoms with Crippen LogP contribution in [-0.4, -0.2) is 12.6 Å². The molecule has 1 unspecified atom stereocenters. The molecule has 2 heteroatoms. The van der Waals surface area contributed by atoms with E-state index in [1.54, 1.807) is 0 Å². The van der Waals surface area contributed by atoms with Crippen LogP contribution in [0.3, 0.4) is 0 Å². The number of hydrogen-bond acceptors (Lipinski definition) is 2. The zero-order valence-corrected chi connectivity index (χ0v) is 12.9. The first-order chi connectivity index (χ1) is 8.77. The minimum absolute atomic E-state index is 0.173. The minimum atomic E-state index is -0.173. The normalized spacial score (nSPS) is 37.6.